The van der Waals surface area contributed by atoms with E-state index in [9.17, 15) is 13.2 Å². The number of aromatic amines is 1. The highest BCUT2D eigenvalue weighted by molar-refractivity contribution is 7.89. The van der Waals surface area contributed by atoms with Crippen LogP contribution in [0.25, 0.3) is 0 Å². The van der Waals surface area contributed by atoms with Crippen molar-refractivity contribution in [2.24, 2.45) is 0 Å². The number of hydrogen-bond acceptors (Lipinski definition) is 6. The van der Waals surface area contributed by atoms with E-state index in [1.807, 2.05) is 0 Å². The Kier molecular flexibility index (Phi) is 3.36. The Labute approximate surface area is 107 Å². The molecule has 0 radical (unpaired) electrons. The van der Waals surface area contributed by atoms with Gasteiger partial charge in [-0.05, 0) is 6.92 Å². The van der Waals surface area contributed by atoms with Crippen molar-refractivity contribution in [2.75, 3.05) is 0 Å². The average Bonchev–Trinajstić information content (AvgIpc) is 2.94. The number of sulfonamides is 1. The minimum absolute atomic E-state index is 0.178. The van der Waals surface area contributed by atoms with Gasteiger partial charge < -0.3 is 9.52 Å². The summed E-state index contributed by atoms with van der Waals surface area (Å²) in [6.07, 6.45) is 2.37. The van der Waals surface area contributed by atoms with Crippen LogP contribution in [0.4, 0.5) is 0 Å². The fourth-order valence-electron chi connectivity index (χ4n) is 1.34. The first-order valence-corrected chi connectivity index (χ1v) is 6.56. The number of aryl methyl sites for hydroxylation is 1. The number of aromatic carboxylic acids is 1. The maximum absolute atomic E-state index is 11.9. The zero-order valence-electron chi connectivity index (χ0n) is 9.74. The number of carboxylic acid groups (broad SMARTS) is 1. The molecule has 3 N–H and O–H groups in total. The van der Waals surface area contributed by atoms with Crippen molar-refractivity contribution < 1.29 is 22.7 Å². The average molecular weight is 286 g/mol. The summed E-state index contributed by atoms with van der Waals surface area (Å²) in [5.74, 6) is -0.666. The maximum Gasteiger partial charge on any atom is 0.340 e. The summed E-state index contributed by atoms with van der Waals surface area (Å²) in [5.41, 5.74) is -0.434. The maximum atomic E-state index is 11.9. The van der Waals surface area contributed by atoms with Crippen LogP contribution in [0.2, 0.25) is 0 Å². The summed E-state index contributed by atoms with van der Waals surface area (Å²) in [5, 5.41) is 13.9. The van der Waals surface area contributed by atoms with Crippen LogP contribution in [0.1, 0.15) is 22.0 Å². The molecule has 102 valence electrons. The van der Waals surface area contributed by atoms with Gasteiger partial charge in [0.1, 0.15) is 11.3 Å². The molecule has 0 bridgehead atoms. The van der Waals surface area contributed by atoms with Gasteiger partial charge in [-0.1, -0.05) is 0 Å². The number of oxazole rings is 1. The highest BCUT2D eigenvalue weighted by atomic mass is 32.2. The van der Waals surface area contributed by atoms with E-state index in [4.69, 9.17) is 9.52 Å². The largest absolute Gasteiger partial charge is 0.478 e. The van der Waals surface area contributed by atoms with Gasteiger partial charge >= 0.3 is 5.97 Å². The number of nitrogens with one attached hydrogen (secondary N) is 2. The van der Waals surface area contributed by atoms with Crippen molar-refractivity contribution in [3.8, 4) is 0 Å². The van der Waals surface area contributed by atoms with Crippen LogP contribution in [0.15, 0.2) is 21.8 Å². The predicted molar refractivity (Wildman–Crippen MR) is 60.8 cm³/mol. The van der Waals surface area contributed by atoms with Gasteiger partial charge in [-0.2, -0.15) is 5.10 Å². The molecule has 0 spiro atoms. The minimum Gasteiger partial charge on any atom is -0.478 e. The van der Waals surface area contributed by atoms with Crippen molar-refractivity contribution in [1.82, 2.24) is 19.9 Å². The first-order chi connectivity index (χ1) is 8.90. The molecule has 0 aliphatic rings. The van der Waals surface area contributed by atoms with Gasteiger partial charge in [0.2, 0.25) is 5.89 Å². The van der Waals surface area contributed by atoms with E-state index in [2.05, 4.69) is 19.9 Å². The van der Waals surface area contributed by atoms with Crippen LogP contribution in [-0.4, -0.2) is 34.7 Å². The third-order valence-corrected chi connectivity index (χ3v) is 3.56. The molecule has 2 aromatic heterocycles. The molecule has 9 nitrogen and oxygen atoms in total. The van der Waals surface area contributed by atoms with E-state index >= 15 is 0 Å². The number of H-pyrrole nitrogens is 1. The number of aromatic nitrogens is 3. The van der Waals surface area contributed by atoms with Gasteiger partial charge in [-0.25, -0.2) is 22.9 Å². The quantitative estimate of drug-likeness (QED) is 0.696. The molecule has 0 atom stereocenters. The van der Waals surface area contributed by atoms with Crippen molar-refractivity contribution in [3.63, 3.8) is 0 Å². The molecule has 0 aromatic carbocycles. The van der Waals surface area contributed by atoms with Crippen molar-refractivity contribution in [3.05, 3.63) is 29.6 Å². The first kappa shape index (κ1) is 13.2. The van der Waals surface area contributed by atoms with Gasteiger partial charge in [0.05, 0.1) is 18.9 Å². The predicted octanol–water partition coefficient (Wildman–Crippen LogP) is -0.117. The second-order valence-electron chi connectivity index (χ2n) is 3.61. The molecule has 0 aliphatic heterocycles. The first-order valence-electron chi connectivity index (χ1n) is 5.08. The highest BCUT2D eigenvalue weighted by Gasteiger charge is 2.24. The molecule has 2 heterocycles. The highest BCUT2D eigenvalue weighted by Crippen LogP contribution is 2.12. The Balaban J connectivity index is 2.18. The Bertz CT molecular complexity index is 702. The van der Waals surface area contributed by atoms with Crippen LogP contribution >= 0.6 is 0 Å². The Morgan fingerprint density at radius 3 is 2.84 bits per heavy atom. The molecule has 0 fully saturated rings. The molecule has 0 aliphatic carbocycles. The molecule has 0 unspecified atom stereocenters. The molecular formula is C9H10N4O5S. The molecule has 19 heavy (non-hydrogen) atoms. The van der Waals surface area contributed by atoms with Crippen LogP contribution in [0.3, 0.4) is 0 Å². The van der Waals surface area contributed by atoms with Crippen LogP contribution < -0.4 is 4.72 Å². The lowest BCUT2D eigenvalue weighted by atomic mass is 10.4. The lowest BCUT2D eigenvalue weighted by molar-refractivity contribution is 0.0692. The van der Waals surface area contributed by atoms with E-state index in [0.717, 1.165) is 6.20 Å². The topological polar surface area (TPSA) is 138 Å². The van der Waals surface area contributed by atoms with Gasteiger partial charge in [-0.15, -0.1) is 0 Å². The summed E-state index contributed by atoms with van der Waals surface area (Å²) in [6.45, 7) is 1.48. The molecule has 10 heteroatoms. The van der Waals surface area contributed by atoms with E-state index < -0.39 is 26.6 Å². The van der Waals surface area contributed by atoms with E-state index in [1.54, 1.807) is 6.92 Å². The summed E-state index contributed by atoms with van der Waals surface area (Å²) < 4.78 is 31.0. The Hall–Kier alpha value is -2.20. The fraction of sp³-hybridized carbons (Fsp3) is 0.222. The monoisotopic (exact) mass is 286 g/mol. The molecule has 0 saturated carbocycles. The van der Waals surface area contributed by atoms with Gasteiger partial charge in [-0.3, -0.25) is 5.10 Å². The second-order valence-corrected chi connectivity index (χ2v) is 5.31. The number of carboxylic acids is 1. The smallest absolute Gasteiger partial charge is 0.340 e. The third-order valence-electron chi connectivity index (χ3n) is 2.19. The molecule has 0 saturated heterocycles. The molecule has 2 aromatic rings. The lowest BCUT2D eigenvalue weighted by Gasteiger charge is -2.03. The van der Waals surface area contributed by atoms with Crippen molar-refractivity contribution in [1.29, 1.82) is 0 Å². The SMILES string of the molecule is Cc1cnc(CNS(=O)(=O)c2[nH]ncc2C(=O)O)o1. The summed E-state index contributed by atoms with van der Waals surface area (Å²) in [4.78, 5) is 14.6. The molecule has 0 amide bonds. The van der Waals surface area contributed by atoms with E-state index in [1.165, 1.54) is 6.20 Å². The summed E-state index contributed by atoms with van der Waals surface area (Å²) in [6, 6.07) is 0. The zero-order valence-corrected chi connectivity index (χ0v) is 10.6. The number of carbonyl (C=O) groups is 1. The minimum atomic E-state index is -4.03. The van der Waals surface area contributed by atoms with Crippen molar-refractivity contribution >= 4 is 16.0 Å². The van der Waals surface area contributed by atoms with Gasteiger partial charge in [0.25, 0.3) is 10.0 Å². The molecular weight excluding hydrogens is 276 g/mol. The van der Waals surface area contributed by atoms with E-state index in [-0.39, 0.29) is 12.4 Å². The Morgan fingerprint density at radius 1 is 1.53 bits per heavy atom. The van der Waals surface area contributed by atoms with Crippen molar-refractivity contribution in [2.45, 2.75) is 18.5 Å². The summed E-state index contributed by atoms with van der Waals surface area (Å²) in [7, 11) is -4.03. The lowest BCUT2D eigenvalue weighted by Crippen LogP contribution is -2.25. The van der Waals surface area contributed by atoms with Crippen LogP contribution in [0, 0.1) is 6.92 Å². The summed E-state index contributed by atoms with van der Waals surface area (Å²) >= 11 is 0. The zero-order chi connectivity index (χ0) is 14.0. The Morgan fingerprint density at radius 2 is 2.26 bits per heavy atom. The normalized spacial score (nSPS) is 11.6. The standard InChI is InChI=1S/C9H10N4O5S/c1-5-2-10-7(18-5)4-12-19(16,17)8-6(9(14)15)3-11-13-8/h2-3,12H,4H2,1H3,(H,11,13)(H,14,15). The number of hydrogen-bond donors (Lipinski definition) is 3. The van der Waals surface area contributed by atoms with Gasteiger partial charge in [0, 0.05) is 0 Å². The van der Waals surface area contributed by atoms with Crippen LogP contribution in [-0.2, 0) is 16.6 Å². The number of nitrogens with zero attached hydrogens (tertiary/aromatic N) is 2. The fourth-order valence-corrected chi connectivity index (χ4v) is 2.40. The second kappa shape index (κ2) is 4.82. The third kappa shape index (κ3) is 2.80. The van der Waals surface area contributed by atoms with Crippen LogP contribution in [0.5, 0.6) is 0 Å². The number of rotatable bonds is 5. The van der Waals surface area contributed by atoms with E-state index in [0.29, 0.717) is 5.76 Å². The van der Waals surface area contributed by atoms with Gasteiger partial charge in [0.15, 0.2) is 5.03 Å². The molecule has 2 rings (SSSR count).